The molecule has 0 radical (unpaired) electrons. The van der Waals surface area contributed by atoms with E-state index in [-0.39, 0.29) is 0 Å². The fraction of sp³-hybridized carbons (Fsp3) is 0.176. The van der Waals surface area contributed by atoms with E-state index < -0.39 is 0 Å². The van der Waals surface area contributed by atoms with Crippen molar-refractivity contribution in [1.82, 2.24) is 0 Å². The molecule has 0 nitrogen and oxygen atoms in total. The highest BCUT2D eigenvalue weighted by molar-refractivity contribution is 5.74. The number of hydrogen-bond acceptors (Lipinski definition) is 0. The molecule has 0 unspecified atom stereocenters. The summed E-state index contributed by atoms with van der Waals surface area (Å²) in [5.74, 6) is 0. The summed E-state index contributed by atoms with van der Waals surface area (Å²) in [6.45, 7) is 2.17. The zero-order chi connectivity index (χ0) is 11.7. The van der Waals surface area contributed by atoms with Crippen molar-refractivity contribution in [3.8, 4) is 0 Å². The van der Waals surface area contributed by atoms with E-state index in [2.05, 4.69) is 61.6 Å². The maximum atomic E-state index is 2.32. The lowest BCUT2D eigenvalue weighted by Crippen LogP contribution is -1.96. The normalized spacial score (nSPS) is 22.4. The van der Waals surface area contributed by atoms with Gasteiger partial charge in [-0.15, -0.1) is 0 Å². The fourth-order valence-electron chi connectivity index (χ4n) is 2.48. The lowest BCUT2D eigenvalue weighted by atomic mass is 9.90. The highest BCUT2D eigenvalue weighted by Gasteiger charge is 2.11. The molecule has 84 valence electrons. The molecule has 0 saturated carbocycles. The topological polar surface area (TPSA) is 0 Å². The number of benzene rings is 1. The average molecular weight is 220 g/mol. The predicted molar refractivity (Wildman–Crippen MR) is 73.8 cm³/mol. The molecule has 0 fully saturated rings. The maximum absolute atomic E-state index is 2.32. The van der Waals surface area contributed by atoms with Gasteiger partial charge in [-0.2, -0.15) is 0 Å². The number of hydrogen-bond donors (Lipinski definition) is 0. The zero-order valence-corrected chi connectivity index (χ0v) is 10.1. The molecule has 3 rings (SSSR count). The summed E-state index contributed by atoms with van der Waals surface area (Å²) >= 11 is 0. The van der Waals surface area contributed by atoms with Gasteiger partial charge < -0.3 is 0 Å². The lowest BCUT2D eigenvalue weighted by molar-refractivity contribution is 1.21. The molecule has 1 aromatic rings. The second kappa shape index (κ2) is 4.21. The quantitative estimate of drug-likeness (QED) is 0.608. The van der Waals surface area contributed by atoms with Crippen molar-refractivity contribution in [2.75, 3.05) is 0 Å². The van der Waals surface area contributed by atoms with Crippen LogP contribution in [0.25, 0.3) is 5.57 Å². The van der Waals surface area contributed by atoms with E-state index in [0.29, 0.717) is 0 Å². The Bertz CT molecular complexity index is 566. The third-order valence-electron chi connectivity index (χ3n) is 3.40. The molecular weight excluding hydrogens is 204 g/mol. The molecule has 1 aromatic carbocycles. The Morgan fingerprint density at radius 3 is 2.94 bits per heavy atom. The van der Waals surface area contributed by atoms with Crippen molar-refractivity contribution in [2.45, 2.75) is 19.8 Å². The van der Waals surface area contributed by atoms with Gasteiger partial charge in [-0.05, 0) is 42.0 Å². The first-order chi connectivity index (χ1) is 8.33. The Morgan fingerprint density at radius 2 is 2.00 bits per heavy atom. The third kappa shape index (κ3) is 2.03. The minimum atomic E-state index is 1.02. The van der Waals surface area contributed by atoms with Crippen molar-refractivity contribution in [3.05, 3.63) is 76.9 Å². The maximum Gasteiger partial charge on any atom is -0.00197 e. The Balaban J connectivity index is 2.19. The van der Waals surface area contributed by atoms with Gasteiger partial charge in [-0.3, -0.25) is 0 Å². The van der Waals surface area contributed by atoms with Crippen LogP contribution in [-0.2, 0) is 6.42 Å². The summed E-state index contributed by atoms with van der Waals surface area (Å²) in [5, 5.41) is 0. The minimum absolute atomic E-state index is 1.02. The van der Waals surface area contributed by atoms with Crippen LogP contribution in [0.1, 0.15) is 23.1 Å². The van der Waals surface area contributed by atoms with Crippen LogP contribution in [0.2, 0.25) is 0 Å². The highest BCUT2D eigenvalue weighted by Crippen LogP contribution is 2.31. The number of rotatable bonds is 0. The fourth-order valence-corrected chi connectivity index (χ4v) is 2.48. The van der Waals surface area contributed by atoms with Gasteiger partial charge in [0.2, 0.25) is 0 Å². The first kappa shape index (κ1) is 10.3. The zero-order valence-electron chi connectivity index (χ0n) is 10.1. The summed E-state index contributed by atoms with van der Waals surface area (Å²) in [4.78, 5) is 0. The van der Waals surface area contributed by atoms with E-state index in [4.69, 9.17) is 0 Å². The second-order valence-electron chi connectivity index (χ2n) is 4.76. The molecule has 0 amide bonds. The van der Waals surface area contributed by atoms with E-state index in [1.807, 2.05) is 0 Å². The number of allylic oxidation sites excluding steroid dienone is 8. The van der Waals surface area contributed by atoms with Crippen molar-refractivity contribution >= 4 is 5.57 Å². The van der Waals surface area contributed by atoms with Gasteiger partial charge in [-0.25, -0.2) is 0 Å². The molecule has 0 aromatic heterocycles. The monoisotopic (exact) mass is 220 g/mol. The number of fused-ring (bicyclic) bond motifs is 4. The molecule has 0 aliphatic heterocycles. The van der Waals surface area contributed by atoms with Gasteiger partial charge in [0.25, 0.3) is 0 Å². The van der Waals surface area contributed by atoms with E-state index >= 15 is 0 Å². The van der Waals surface area contributed by atoms with Crippen molar-refractivity contribution < 1.29 is 0 Å². The minimum Gasteiger partial charge on any atom is -0.0801 e. The van der Waals surface area contributed by atoms with Crippen molar-refractivity contribution in [2.24, 2.45) is 0 Å². The molecule has 2 bridgehead atoms. The molecule has 0 atom stereocenters. The first-order valence-electron chi connectivity index (χ1n) is 6.16. The van der Waals surface area contributed by atoms with Crippen LogP contribution in [0.15, 0.2) is 60.2 Å². The van der Waals surface area contributed by atoms with Crippen LogP contribution in [0, 0.1) is 6.92 Å². The van der Waals surface area contributed by atoms with Gasteiger partial charge in [0.1, 0.15) is 0 Å². The summed E-state index contributed by atoms with van der Waals surface area (Å²) in [5.41, 5.74) is 7.04. The van der Waals surface area contributed by atoms with Crippen LogP contribution in [-0.4, -0.2) is 0 Å². The summed E-state index contributed by atoms with van der Waals surface area (Å²) < 4.78 is 0. The Labute approximate surface area is 103 Å². The van der Waals surface area contributed by atoms with Gasteiger partial charge in [0, 0.05) is 0 Å². The van der Waals surface area contributed by atoms with Gasteiger partial charge in [0.05, 0.1) is 0 Å². The van der Waals surface area contributed by atoms with E-state index in [1.165, 1.54) is 27.8 Å². The van der Waals surface area contributed by atoms with Crippen LogP contribution in [0.4, 0.5) is 0 Å². The second-order valence-corrected chi connectivity index (χ2v) is 4.76. The molecular formula is C17H16. The predicted octanol–water partition coefficient (Wildman–Crippen LogP) is 4.38. The summed E-state index contributed by atoms with van der Waals surface area (Å²) in [7, 11) is 0. The molecule has 2 aliphatic carbocycles. The highest BCUT2D eigenvalue weighted by atomic mass is 14.2. The summed E-state index contributed by atoms with van der Waals surface area (Å²) in [6, 6.07) is 6.79. The Kier molecular flexibility index (Phi) is 2.56. The third-order valence-corrected chi connectivity index (χ3v) is 3.40. The van der Waals surface area contributed by atoms with E-state index in [1.54, 1.807) is 0 Å². The van der Waals surface area contributed by atoms with E-state index in [0.717, 1.165) is 12.8 Å². The molecule has 17 heavy (non-hydrogen) atoms. The van der Waals surface area contributed by atoms with Crippen LogP contribution < -0.4 is 0 Å². The number of aryl methyl sites for hydroxylation is 1. The Morgan fingerprint density at radius 1 is 1.06 bits per heavy atom. The van der Waals surface area contributed by atoms with Gasteiger partial charge in [-0.1, -0.05) is 60.2 Å². The molecule has 0 N–H and O–H groups in total. The smallest absolute Gasteiger partial charge is 0.00197 e. The lowest BCUT2D eigenvalue weighted by Gasteiger charge is -2.15. The average Bonchev–Trinajstić information content (AvgIpc) is 2.40. The van der Waals surface area contributed by atoms with Crippen molar-refractivity contribution in [3.63, 3.8) is 0 Å². The van der Waals surface area contributed by atoms with Crippen molar-refractivity contribution in [1.29, 1.82) is 0 Å². The molecule has 0 saturated heterocycles. The van der Waals surface area contributed by atoms with Crippen LogP contribution >= 0.6 is 0 Å². The van der Waals surface area contributed by atoms with Crippen LogP contribution in [0.3, 0.4) is 0 Å². The van der Waals surface area contributed by atoms with E-state index in [9.17, 15) is 0 Å². The Hall–Kier alpha value is -1.82. The summed E-state index contributed by atoms with van der Waals surface area (Å²) in [6.07, 6.45) is 15.3. The molecule has 2 aliphatic rings. The first-order valence-corrected chi connectivity index (χ1v) is 6.16. The molecule has 0 spiro atoms. The molecule has 0 heterocycles. The van der Waals surface area contributed by atoms with Gasteiger partial charge >= 0.3 is 0 Å². The SMILES string of the molecule is Cc1ccc2c(c1)C1=CC=C/C(=C/C=C\C2)C1. The standard InChI is InChI=1S/C17H16/c1-13-9-10-15-7-3-2-5-14-6-4-8-16(12-14)17(15)11-13/h2-6,8-11H,7,12H2,1H3/b3-2-,14-5-. The van der Waals surface area contributed by atoms with Crippen LogP contribution in [0.5, 0.6) is 0 Å². The van der Waals surface area contributed by atoms with Gasteiger partial charge in [0.15, 0.2) is 0 Å². The molecule has 0 heteroatoms. The largest absolute Gasteiger partial charge is 0.0801 e.